The molecule has 1 saturated heterocycles. The van der Waals surface area contributed by atoms with E-state index in [0.29, 0.717) is 24.4 Å². The molecule has 0 aromatic heterocycles. The molecule has 0 spiro atoms. The highest BCUT2D eigenvalue weighted by molar-refractivity contribution is 5.57. The van der Waals surface area contributed by atoms with Crippen LogP contribution in [0.1, 0.15) is 25.5 Å². The van der Waals surface area contributed by atoms with Gasteiger partial charge in [0.15, 0.2) is 0 Å². The van der Waals surface area contributed by atoms with E-state index >= 15 is 0 Å². The van der Waals surface area contributed by atoms with Crippen LogP contribution in [-0.2, 0) is 4.74 Å². The van der Waals surface area contributed by atoms with E-state index in [1.54, 1.807) is 19.1 Å². The summed E-state index contributed by atoms with van der Waals surface area (Å²) in [5, 5.41) is 19.0. The van der Waals surface area contributed by atoms with Crippen LogP contribution in [0, 0.1) is 5.82 Å². The zero-order valence-corrected chi connectivity index (χ0v) is 11.2. The zero-order chi connectivity index (χ0) is 14.0. The summed E-state index contributed by atoms with van der Waals surface area (Å²) in [6, 6.07) is 4.70. The van der Waals surface area contributed by atoms with Gasteiger partial charge in [-0.2, -0.15) is 0 Å². The van der Waals surface area contributed by atoms with Crippen LogP contribution in [0.5, 0.6) is 0 Å². The monoisotopic (exact) mass is 269 g/mol. The molecule has 1 aliphatic rings. The van der Waals surface area contributed by atoms with Gasteiger partial charge in [0, 0.05) is 18.2 Å². The topological polar surface area (TPSA) is 52.9 Å². The molecule has 0 saturated carbocycles. The lowest BCUT2D eigenvalue weighted by molar-refractivity contribution is -0.0106. The molecule has 3 atom stereocenters. The summed E-state index contributed by atoms with van der Waals surface area (Å²) in [4.78, 5) is 1.86. The fourth-order valence-corrected chi connectivity index (χ4v) is 2.41. The minimum atomic E-state index is -0.742. The number of ether oxygens (including phenoxy) is 1. The third kappa shape index (κ3) is 2.88. The lowest BCUT2D eigenvalue weighted by atomic mass is 10.0. The predicted molar refractivity (Wildman–Crippen MR) is 70.7 cm³/mol. The van der Waals surface area contributed by atoms with Crippen molar-refractivity contribution in [2.45, 2.75) is 32.1 Å². The van der Waals surface area contributed by atoms with E-state index in [4.69, 9.17) is 4.74 Å². The Kier molecular flexibility index (Phi) is 4.39. The van der Waals surface area contributed by atoms with Gasteiger partial charge in [0.25, 0.3) is 0 Å². The summed E-state index contributed by atoms with van der Waals surface area (Å²) in [5.74, 6) is -0.358. The first-order valence-corrected chi connectivity index (χ1v) is 6.50. The van der Waals surface area contributed by atoms with Gasteiger partial charge in [-0.25, -0.2) is 4.39 Å². The van der Waals surface area contributed by atoms with E-state index in [1.807, 2.05) is 11.8 Å². The molecule has 0 radical (unpaired) electrons. The molecule has 5 heteroatoms. The standard InChI is InChI=1S/C14H20FNO3/c1-9-8-19-11(7-17)6-16(9)14-12(10(2)18)4-3-5-13(14)15/h3-5,9-11,17-18H,6-8H2,1-2H3/t9?,10-,11?/m1/s1. The Hall–Kier alpha value is -1.17. The molecule has 1 aromatic rings. The maximum absolute atomic E-state index is 14.1. The van der Waals surface area contributed by atoms with Gasteiger partial charge >= 0.3 is 0 Å². The van der Waals surface area contributed by atoms with Crippen LogP contribution >= 0.6 is 0 Å². The molecule has 2 unspecified atom stereocenters. The predicted octanol–water partition coefficient (Wildman–Crippen LogP) is 1.46. The summed E-state index contributed by atoms with van der Waals surface area (Å²) in [7, 11) is 0. The lowest BCUT2D eigenvalue weighted by Crippen LogP contribution is -2.50. The smallest absolute Gasteiger partial charge is 0.146 e. The largest absolute Gasteiger partial charge is 0.394 e. The number of benzene rings is 1. The van der Waals surface area contributed by atoms with Crippen molar-refractivity contribution in [1.29, 1.82) is 0 Å². The van der Waals surface area contributed by atoms with E-state index in [0.717, 1.165) is 0 Å². The molecule has 2 N–H and O–H groups in total. The first-order chi connectivity index (χ1) is 9.04. The Bertz CT molecular complexity index is 439. The SMILES string of the molecule is CC1COC(CO)CN1c1c(F)cccc1[C@@H](C)O. The summed E-state index contributed by atoms with van der Waals surface area (Å²) in [5.41, 5.74) is 0.970. The number of anilines is 1. The van der Waals surface area contributed by atoms with Gasteiger partial charge in [-0.3, -0.25) is 0 Å². The summed E-state index contributed by atoms with van der Waals surface area (Å²) in [6.07, 6.45) is -1.06. The van der Waals surface area contributed by atoms with E-state index in [1.165, 1.54) is 6.07 Å². The number of rotatable bonds is 3. The molecule has 0 bridgehead atoms. The fraction of sp³-hybridized carbons (Fsp3) is 0.571. The molecule has 0 amide bonds. The average Bonchev–Trinajstić information content (AvgIpc) is 2.39. The summed E-state index contributed by atoms with van der Waals surface area (Å²) < 4.78 is 19.6. The number of halogens is 1. The van der Waals surface area contributed by atoms with Crippen LogP contribution in [-0.4, -0.2) is 42.1 Å². The summed E-state index contributed by atoms with van der Waals surface area (Å²) in [6.45, 7) is 4.30. The number of aliphatic hydroxyl groups is 2. The van der Waals surface area contributed by atoms with E-state index in [-0.39, 0.29) is 24.6 Å². The molecule has 1 aromatic carbocycles. The number of morpholine rings is 1. The van der Waals surface area contributed by atoms with Crippen molar-refractivity contribution in [3.63, 3.8) is 0 Å². The molecular formula is C14H20FNO3. The van der Waals surface area contributed by atoms with Crippen molar-refractivity contribution >= 4 is 5.69 Å². The molecule has 4 nitrogen and oxygen atoms in total. The minimum Gasteiger partial charge on any atom is -0.394 e. The number of hydrogen-bond donors (Lipinski definition) is 2. The highest BCUT2D eigenvalue weighted by atomic mass is 19.1. The van der Waals surface area contributed by atoms with Crippen LogP contribution in [0.3, 0.4) is 0 Å². The average molecular weight is 269 g/mol. The second-order valence-electron chi connectivity index (χ2n) is 4.99. The molecule has 0 aliphatic carbocycles. The van der Waals surface area contributed by atoms with Gasteiger partial charge in [-0.15, -0.1) is 0 Å². The number of para-hydroxylation sites is 1. The van der Waals surface area contributed by atoms with Crippen molar-refractivity contribution in [3.8, 4) is 0 Å². The second-order valence-corrected chi connectivity index (χ2v) is 4.99. The molecule has 1 heterocycles. The van der Waals surface area contributed by atoms with E-state index in [2.05, 4.69) is 0 Å². The molecule has 19 heavy (non-hydrogen) atoms. The Morgan fingerprint density at radius 1 is 1.53 bits per heavy atom. The van der Waals surface area contributed by atoms with Crippen molar-refractivity contribution < 1.29 is 19.3 Å². The van der Waals surface area contributed by atoms with Crippen molar-refractivity contribution in [2.24, 2.45) is 0 Å². The van der Waals surface area contributed by atoms with Crippen molar-refractivity contribution in [1.82, 2.24) is 0 Å². The fourth-order valence-electron chi connectivity index (χ4n) is 2.41. The first-order valence-electron chi connectivity index (χ1n) is 6.50. The number of nitrogens with zero attached hydrogens (tertiary/aromatic N) is 1. The quantitative estimate of drug-likeness (QED) is 0.872. The van der Waals surface area contributed by atoms with Gasteiger partial charge in [-0.1, -0.05) is 12.1 Å². The van der Waals surface area contributed by atoms with Gasteiger partial charge in [-0.05, 0) is 19.9 Å². The zero-order valence-electron chi connectivity index (χ0n) is 11.2. The number of hydrogen-bond acceptors (Lipinski definition) is 4. The Balaban J connectivity index is 2.38. The molecule has 1 aliphatic heterocycles. The van der Waals surface area contributed by atoms with Crippen molar-refractivity contribution in [3.05, 3.63) is 29.6 Å². The van der Waals surface area contributed by atoms with Gasteiger partial charge < -0.3 is 19.8 Å². The Morgan fingerprint density at radius 2 is 2.26 bits per heavy atom. The summed E-state index contributed by atoms with van der Waals surface area (Å²) >= 11 is 0. The molecule has 2 rings (SSSR count). The normalized spacial score (nSPS) is 25.4. The Morgan fingerprint density at radius 3 is 2.89 bits per heavy atom. The maximum Gasteiger partial charge on any atom is 0.146 e. The first kappa shape index (κ1) is 14.2. The van der Waals surface area contributed by atoms with Crippen molar-refractivity contribution in [2.75, 3.05) is 24.7 Å². The van der Waals surface area contributed by atoms with E-state index < -0.39 is 6.10 Å². The third-order valence-corrected chi connectivity index (χ3v) is 3.46. The molecular weight excluding hydrogens is 249 g/mol. The van der Waals surface area contributed by atoms with Crippen LogP contribution in [0.2, 0.25) is 0 Å². The minimum absolute atomic E-state index is 0.00259. The highest BCUT2D eigenvalue weighted by Crippen LogP contribution is 2.32. The van der Waals surface area contributed by atoms with Gasteiger partial charge in [0.1, 0.15) is 5.82 Å². The molecule has 1 fully saturated rings. The lowest BCUT2D eigenvalue weighted by Gasteiger charge is -2.40. The van der Waals surface area contributed by atoms with Crippen LogP contribution < -0.4 is 4.90 Å². The third-order valence-electron chi connectivity index (χ3n) is 3.46. The van der Waals surface area contributed by atoms with Gasteiger partial charge in [0.2, 0.25) is 0 Å². The molecule has 106 valence electrons. The maximum atomic E-state index is 14.1. The second kappa shape index (κ2) is 5.86. The number of aliphatic hydroxyl groups excluding tert-OH is 2. The van der Waals surface area contributed by atoms with Crippen LogP contribution in [0.15, 0.2) is 18.2 Å². The Labute approximate surface area is 112 Å². The van der Waals surface area contributed by atoms with Crippen LogP contribution in [0.4, 0.5) is 10.1 Å². The van der Waals surface area contributed by atoms with E-state index in [9.17, 15) is 14.6 Å². The highest BCUT2D eigenvalue weighted by Gasteiger charge is 2.29. The van der Waals surface area contributed by atoms with Crippen LogP contribution in [0.25, 0.3) is 0 Å². The van der Waals surface area contributed by atoms with Gasteiger partial charge in [0.05, 0.1) is 31.1 Å².